The van der Waals surface area contributed by atoms with Crippen LogP contribution in [-0.4, -0.2) is 54.6 Å². The minimum Gasteiger partial charge on any atom is -0.361 e. The van der Waals surface area contributed by atoms with Gasteiger partial charge in [0.2, 0.25) is 0 Å². The molecule has 1 aromatic heterocycles. The van der Waals surface area contributed by atoms with Crippen LogP contribution in [0.1, 0.15) is 32.3 Å². The highest BCUT2D eigenvalue weighted by atomic mass is 127. The summed E-state index contributed by atoms with van der Waals surface area (Å²) >= 11 is 0. The van der Waals surface area contributed by atoms with E-state index in [4.69, 9.17) is 4.99 Å². The molecule has 0 bridgehead atoms. The van der Waals surface area contributed by atoms with Crippen LogP contribution in [-0.2, 0) is 6.42 Å². The molecule has 2 aromatic rings. The van der Waals surface area contributed by atoms with Crippen molar-refractivity contribution < 1.29 is 0 Å². The first-order valence-electron chi connectivity index (χ1n) is 9.63. The molecule has 0 radical (unpaired) electrons. The van der Waals surface area contributed by atoms with Crippen LogP contribution < -0.4 is 10.6 Å². The molecule has 6 heteroatoms. The lowest BCUT2D eigenvalue weighted by Crippen LogP contribution is -2.40. The number of hydrogen-bond donors (Lipinski definition) is 3. The number of hydrogen-bond acceptors (Lipinski definition) is 2. The Hall–Kier alpha value is -1.28. The van der Waals surface area contributed by atoms with E-state index in [-0.39, 0.29) is 24.0 Å². The Morgan fingerprint density at radius 2 is 2.12 bits per heavy atom. The number of aromatic amines is 1. The Morgan fingerprint density at radius 1 is 1.27 bits per heavy atom. The fourth-order valence-electron chi connectivity index (χ4n) is 3.71. The van der Waals surface area contributed by atoms with E-state index in [2.05, 4.69) is 64.8 Å². The van der Waals surface area contributed by atoms with Crippen LogP contribution >= 0.6 is 24.0 Å². The third-order valence-electron chi connectivity index (χ3n) is 5.07. The van der Waals surface area contributed by atoms with Crippen molar-refractivity contribution in [1.82, 2.24) is 20.5 Å². The first kappa shape index (κ1) is 21.0. The SMILES string of the molecule is CCNC(=NCC1CCCN1CC)NCCc1c[nH]c2ccccc12.I. The van der Waals surface area contributed by atoms with Crippen molar-refractivity contribution in [2.75, 3.05) is 32.7 Å². The highest BCUT2D eigenvalue weighted by Crippen LogP contribution is 2.18. The first-order chi connectivity index (χ1) is 12.3. The lowest BCUT2D eigenvalue weighted by atomic mass is 10.1. The summed E-state index contributed by atoms with van der Waals surface area (Å²) in [6.45, 7) is 9.37. The molecule has 3 N–H and O–H groups in total. The van der Waals surface area contributed by atoms with Gasteiger partial charge in [0.1, 0.15) is 0 Å². The van der Waals surface area contributed by atoms with Crippen LogP contribution in [0.5, 0.6) is 0 Å². The third kappa shape index (κ3) is 5.36. The number of halogens is 1. The predicted octanol–water partition coefficient (Wildman–Crippen LogP) is 3.37. The standard InChI is InChI=1S/C20H31N5.HI/c1-3-21-20(24-15-17-8-7-13-25(17)4-2)22-12-11-16-14-23-19-10-6-5-9-18(16)19;/h5-6,9-10,14,17,23H,3-4,7-8,11-13,15H2,1-2H3,(H2,21,22,24);1H. The zero-order chi connectivity index (χ0) is 17.5. The molecule has 26 heavy (non-hydrogen) atoms. The first-order valence-corrected chi connectivity index (χ1v) is 9.63. The van der Waals surface area contributed by atoms with E-state index in [1.807, 2.05) is 0 Å². The summed E-state index contributed by atoms with van der Waals surface area (Å²) in [7, 11) is 0. The van der Waals surface area contributed by atoms with Crippen LogP contribution in [0, 0.1) is 0 Å². The largest absolute Gasteiger partial charge is 0.361 e. The number of nitrogens with one attached hydrogen (secondary N) is 3. The molecule has 0 amide bonds. The highest BCUT2D eigenvalue weighted by molar-refractivity contribution is 14.0. The van der Waals surface area contributed by atoms with Gasteiger partial charge < -0.3 is 15.6 Å². The van der Waals surface area contributed by atoms with Gasteiger partial charge in [-0.1, -0.05) is 25.1 Å². The number of likely N-dealkylation sites (tertiary alicyclic amines) is 1. The molecule has 1 atom stereocenters. The molecule has 144 valence electrons. The summed E-state index contributed by atoms with van der Waals surface area (Å²) in [5.74, 6) is 0.935. The van der Waals surface area contributed by atoms with E-state index >= 15 is 0 Å². The summed E-state index contributed by atoms with van der Waals surface area (Å²) in [5, 5.41) is 8.17. The van der Waals surface area contributed by atoms with Gasteiger partial charge in [-0.25, -0.2) is 0 Å². The molecule has 1 aliphatic rings. The fourth-order valence-corrected chi connectivity index (χ4v) is 3.71. The fraction of sp³-hybridized carbons (Fsp3) is 0.550. The van der Waals surface area contributed by atoms with Crippen LogP contribution in [0.2, 0.25) is 0 Å². The zero-order valence-corrected chi connectivity index (χ0v) is 18.3. The second-order valence-electron chi connectivity index (χ2n) is 6.68. The number of likely N-dealkylation sites (N-methyl/N-ethyl adjacent to an activating group) is 1. The van der Waals surface area contributed by atoms with Crippen molar-refractivity contribution >= 4 is 40.8 Å². The molecule has 0 spiro atoms. The lowest BCUT2D eigenvalue weighted by Gasteiger charge is -2.21. The maximum atomic E-state index is 4.82. The van der Waals surface area contributed by atoms with Crippen molar-refractivity contribution in [3.63, 3.8) is 0 Å². The number of aliphatic imine (C=N–C) groups is 1. The molecular formula is C20H32IN5. The van der Waals surface area contributed by atoms with Gasteiger partial charge in [0, 0.05) is 36.2 Å². The number of nitrogens with zero attached hydrogens (tertiary/aromatic N) is 2. The second kappa shape index (κ2) is 10.8. The summed E-state index contributed by atoms with van der Waals surface area (Å²) < 4.78 is 0. The second-order valence-corrected chi connectivity index (χ2v) is 6.68. The zero-order valence-electron chi connectivity index (χ0n) is 15.9. The Bertz CT molecular complexity index is 696. The minimum atomic E-state index is 0. The topological polar surface area (TPSA) is 55.5 Å². The lowest BCUT2D eigenvalue weighted by molar-refractivity contribution is 0.273. The predicted molar refractivity (Wildman–Crippen MR) is 122 cm³/mol. The molecule has 0 aliphatic carbocycles. The van der Waals surface area contributed by atoms with Crippen LogP contribution in [0.3, 0.4) is 0 Å². The Labute approximate surface area is 174 Å². The van der Waals surface area contributed by atoms with Crippen molar-refractivity contribution in [1.29, 1.82) is 0 Å². The molecule has 0 saturated carbocycles. The monoisotopic (exact) mass is 469 g/mol. The number of rotatable bonds is 7. The van der Waals surface area contributed by atoms with Gasteiger partial charge in [0.25, 0.3) is 0 Å². The van der Waals surface area contributed by atoms with Crippen molar-refractivity contribution in [2.24, 2.45) is 4.99 Å². The van der Waals surface area contributed by atoms with E-state index in [1.165, 1.54) is 35.9 Å². The third-order valence-corrected chi connectivity index (χ3v) is 5.07. The Balaban J connectivity index is 0.00000243. The summed E-state index contributed by atoms with van der Waals surface area (Å²) in [6, 6.07) is 9.08. The van der Waals surface area contributed by atoms with Crippen LogP contribution in [0.25, 0.3) is 10.9 Å². The Morgan fingerprint density at radius 3 is 2.92 bits per heavy atom. The van der Waals surface area contributed by atoms with Gasteiger partial charge >= 0.3 is 0 Å². The van der Waals surface area contributed by atoms with Gasteiger partial charge in [0.15, 0.2) is 5.96 Å². The average Bonchev–Trinajstić information content (AvgIpc) is 3.26. The molecule has 3 rings (SSSR count). The summed E-state index contributed by atoms with van der Waals surface area (Å²) in [6.07, 6.45) is 5.68. The van der Waals surface area contributed by atoms with Crippen molar-refractivity contribution in [2.45, 2.75) is 39.2 Å². The van der Waals surface area contributed by atoms with E-state index in [0.29, 0.717) is 6.04 Å². The van der Waals surface area contributed by atoms with E-state index in [1.54, 1.807) is 0 Å². The molecule has 1 fully saturated rings. The number of guanidine groups is 1. The highest BCUT2D eigenvalue weighted by Gasteiger charge is 2.22. The van der Waals surface area contributed by atoms with E-state index in [9.17, 15) is 0 Å². The van der Waals surface area contributed by atoms with E-state index < -0.39 is 0 Å². The molecular weight excluding hydrogens is 437 g/mol. The number of para-hydroxylation sites is 1. The maximum Gasteiger partial charge on any atom is 0.191 e. The summed E-state index contributed by atoms with van der Waals surface area (Å²) in [4.78, 5) is 10.7. The number of fused-ring (bicyclic) bond motifs is 1. The van der Waals surface area contributed by atoms with Gasteiger partial charge in [0.05, 0.1) is 6.54 Å². The van der Waals surface area contributed by atoms with Gasteiger partial charge in [-0.2, -0.15) is 0 Å². The van der Waals surface area contributed by atoms with Crippen LogP contribution in [0.4, 0.5) is 0 Å². The molecule has 1 aromatic carbocycles. The van der Waals surface area contributed by atoms with Gasteiger partial charge in [-0.05, 0) is 50.9 Å². The minimum absolute atomic E-state index is 0. The van der Waals surface area contributed by atoms with E-state index in [0.717, 1.165) is 38.6 Å². The number of H-pyrrole nitrogens is 1. The Kier molecular flexibility index (Phi) is 8.71. The van der Waals surface area contributed by atoms with Crippen molar-refractivity contribution in [3.8, 4) is 0 Å². The summed E-state index contributed by atoms with van der Waals surface area (Å²) in [5.41, 5.74) is 2.56. The number of aromatic nitrogens is 1. The smallest absolute Gasteiger partial charge is 0.191 e. The quantitative estimate of drug-likeness (QED) is 0.331. The molecule has 5 nitrogen and oxygen atoms in total. The number of benzene rings is 1. The molecule has 1 aliphatic heterocycles. The molecule has 2 heterocycles. The van der Waals surface area contributed by atoms with Gasteiger partial charge in [-0.15, -0.1) is 24.0 Å². The normalized spacial score (nSPS) is 18.1. The average molecular weight is 469 g/mol. The van der Waals surface area contributed by atoms with Crippen molar-refractivity contribution in [3.05, 3.63) is 36.0 Å². The molecule has 1 saturated heterocycles. The molecule has 1 unspecified atom stereocenters. The van der Waals surface area contributed by atoms with Gasteiger partial charge in [-0.3, -0.25) is 9.89 Å². The maximum absolute atomic E-state index is 4.82. The van der Waals surface area contributed by atoms with Crippen LogP contribution in [0.15, 0.2) is 35.5 Å².